The lowest BCUT2D eigenvalue weighted by Gasteiger charge is -2.04. The number of fused-ring (bicyclic) bond motifs is 1. The second-order valence-electron chi connectivity index (χ2n) is 3.52. The summed E-state index contributed by atoms with van der Waals surface area (Å²) in [6, 6.07) is 5.03. The van der Waals surface area contributed by atoms with E-state index in [4.69, 9.17) is 16.3 Å². The van der Waals surface area contributed by atoms with Crippen LogP contribution >= 0.6 is 11.6 Å². The third-order valence-corrected chi connectivity index (χ3v) is 2.65. The Balaban J connectivity index is 2.50. The molecule has 0 aliphatic carbocycles. The molecule has 0 spiro atoms. The zero-order valence-electron chi connectivity index (χ0n) is 9.53. The van der Waals surface area contributed by atoms with Gasteiger partial charge in [0.15, 0.2) is 5.15 Å². The minimum Gasteiger partial charge on any atom is -0.462 e. The summed E-state index contributed by atoms with van der Waals surface area (Å²) in [5.74, 6) is -0.368. The van der Waals surface area contributed by atoms with Gasteiger partial charge in [0.2, 0.25) is 0 Å². The smallest absolute Gasteiger partial charge is 0.338 e. The first-order chi connectivity index (χ1) is 8.11. The average Bonchev–Trinajstić information content (AvgIpc) is 2.30. The van der Waals surface area contributed by atoms with Crippen molar-refractivity contribution in [3.8, 4) is 0 Å². The van der Waals surface area contributed by atoms with Crippen LogP contribution in [0.4, 0.5) is 0 Å². The molecule has 1 aromatic carbocycles. The Bertz CT molecular complexity index is 584. The summed E-state index contributed by atoms with van der Waals surface area (Å²) in [4.78, 5) is 20.0. The van der Waals surface area contributed by atoms with Crippen molar-refractivity contribution in [2.24, 2.45) is 0 Å². The second-order valence-corrected chi connectivity index (χ2v) is 3.88. The standard InChI is InChI=1S/C12H11ClN2O2/c1-3-17-12(16)8-4-5-9-10(6-8)15-11(13)7(2)14-9/h4-6H,3H2,1-2H3. The first kappa shape index (κ1) is 11.8. The number of benzene rings is 1. The van der Waals surface area contributed by atoms with Gasteiger partial charge in [-0.1, -0.05) is 11.6 Å². The molecule has 1 aromatic heterocycles. The number of carbonyl (C=O) groups excluding carboxylic acids is 1. The lowest BCUT2D eigenvalue weighted by atomic mass is 10.2. The SMILES string of the molecule is CCOC(=O)c1ccc2nc(C)c(Cl)nc2c1. The maximum Gasteiger partial charge on any atom is 0.338 e. The molecular weight excluding hydrogens is 240 g/mol. The van der Waals surface area contributed by atoms with Gasteiger partial charge in [-0.15, -0.1) is 0 Å². The molecular formula is C12H11ClN2O2. The van der Waals surface area contributed by atoms with E-state index in [9.17, 15) is 4.79 Å². The fourth-order valence-corrected chi connectivity index (χ4v) is 1.60. The van der Waals surface area contributed by atoms with Crippen molar-refractivity contribution in [3.05, 3.63) is 34.6 Å². The average molecular weight is 251 g/mol. The number of halogens is 1. The maximum atomic E-state index is 11.5. The van der Waals surface area contributed by atoms with Crippen molar-refractivity contribution < 1.29 is 9.53 Å². The lowest BCUT2D eigenvalue weighted by molar-refractivity contribution is 0.0526. The van der Waals surface area contributed by atoms with Crippen molar-refractivity contribution in [1.29, 1.82) is 0 Å². The second kappa shape index (κ2) is 4.67. The lowest BCUT2D eigenvalue weighted by Crippen LogP contribution is -2.04. The summed E-state index contributed by atoms with van der Waals surface area (Å²) in [6.45, 7) is 3.89. The highest BCUT2D eigenvalue weighted by Crippen LogP contribution is 2.18. The van der Waals surface area contributed by atoms with Gasteiger partial charge in [-0.3, -0.25) is 0 Å². The van der Waals surface area contributed by atoms with Gasteiger partial charge in [0.1, 0.15) is 0 Å². The third kappa shape index (κ3) is 2.36. The topological polar surface area (TPSA) is 52.1 Å². The molecule has 0 saturated carbocycles. The first-order valence-corrected chi connectivity index (χ1v) is 5.60. The largest absolute Gasteiger partial charge is 0.462 e. The van der Waals surface area contributed by atoms with Gasteiger partial charge >= 0.3 is 5.97 Å². The van der Waals surface area contributed by atoms with E-state index in [1.165, 1.54) is 0 Å². The molecule has 17 heavy (non-hydrogen) atoms. The van der Waals surface area contributed by atoms with Gasteiger partial charge in [0.25, 0.3) is 0 Å². The molecule has 0 saturated heterocycles. The third-order valence-electron chi connectivity index (χ3n) is 2.29. The molecule has 0 N–H and O–H groups in total. The molecule has 0 radical (unpaired) electrons. The molecule has 0 aliphatic rings. The highest BCUT2D eigenvalue weighted by molar-refractivity contribution is 6.30. The number of hydrogen-bond acceptors (Lipinski definition) is 4. The van der Waals surface area contributed by atoms with Crippen molar-refractivity contribution in [1.82, 2.24) is 9.97 Å². The first-order valence-electron chi connectivity index (χ1n) is 5.23. The Morgan fingerprint density at radius 1 is 1.35 bits per heavy atom. The molecule has 4 nitrogen and oxygen atoms in total. The van der Waals surface area contributed by atoms with Gasteiger partial charge < -0.3 is 4.74 Å². The van der Waals surface area contributed by atoms with Gasteiger partial charge in [-0.25, -0.2) is 14.8 Å². The van der Waals surface area contributed by atoms with Crippen LogP contribution < -0.4 is 0 Å². The Hall–Kier alpha value is -1.68. The summed E-state index contributed by atoms with van der Waals surface area (Å²) in [7, 11) is 0. The molecule has 0 atom stereocenters. The van der Waals surface area contributed by atoms with Crippen LogP contribution in [0.2, 0.25) is 5.15 Å². The van der Waals surface area contributed by atoms with E-state index in [1.807, 2.05) is 0 Å². The molecule has 0 unspecified atom stereocenters. The zero-order chi connectivity index (χ0) is 12.4. The summed E-state index contributed by atoms with van der Waals surface area (Å²) in [5.41, 5.74) is 2.42. The van der Waals surface area contributed by atoms with Gasteiger partial charge in [-0.2, -0.15) is 0 Å². The Morgan fingerprint density at radius 2 is 2.12 bits per heavy atom. The van der Waals surface area contributed by atoms with Crippen molar-refractivity contribution >= 4 is 28.6 Å². The summed E-state index contributed by atoms with van der Waals surface area (Å²) >= 11 is 5.89. The number of aromatic nitrogens is 2. The number of aryl methyl sites for hydroxylation is 1. The molecule has 0 amide bonds. The van der Waals surface area contributed by atoms with E-state index in [-0.39, 0.29) is 5.97 Å². The van der Waals surface area contributed by atoms with E-state index >= 15 is 0 Å². The quantitative estimate of drug-likeness (QED) is 0.769. The number of nitrogens with zero attached hydrogens (tertiary/aromatic N) is 2. The maximum absolute atomic E-state index is 11.5. The van der Waals surface area contributed by atoms with E-state index in [1.54, 1.807) is 32.0 Å². The Kier molecular flexibility index (Phi) is 3.24. The minimum atomic E-state index is -0.368. The molecule has 2 aromatic rings. The van der Waals surface area contributed by atoms with Gasteiger partial charge in [-0.05, 0) is 32.0 Å². The van der Waals surface area contributed by atoms with Gasteiger partial charge in [0, 0.05) is 0 Å². The predicted molar refractivity (Wildman–Crippen MR) is 65.2 cm³/mol. The van der Waals surface area contributed by atoms with E-state index < -0.39 is 0 Å². The molecule has 0 aliphatic heterocycles. The van der Waals surface area contributed by atoms with Crippen molar-refractivity contribution in [3.63, 3.8) is 0 Å². The predicted octanol–water partition coefficient (Wildman–Crippen LogP) is 2.77. The number of carbonyl (C=O) groups is 1. The van der Waals surface area contributed by atoms with E-state index in [2.05, 4.69) is 9.97 Å². The highest BCUT2D eigenvalue weighted by Gasteiger charge is 2.09. The monoisotopic (exact) mass is 250 g/mol. The van der Waals surface area contributed by atoms with Crippen LogP contribution in [0, 0.1) is 6.92 Å². The van der Waals surface area contributed by atoms with Crippen LogP contribution in [0.15, 0.2) is 18.2 Å². The van der Waals surface area contributed by atoms with Crippen LogP contribution in [0.1, 0.15) is 23.0 Å². The minimum absolute atomic E-state index is 0.344. The summed E-state index contributed by atoms with van der Waals surface area (Å²) < 4.78 is 4.91. The van der Waals surface area contributed by atoms with Crippen LogP contribution in [-0.2, 0) is 4.74 Å². The molecule has 0 bridgehead atoms. The van der Waals surface area contributed by atoms with E-state index in [0.29, 0.717) is 34.1 Å². The van der Waals surface area contributed by atoms with Gasteiger partial charge in [0.05, 0.1) is 28.9 Å². The number of rotatable bonds is 2. The molecule has 2 rings (SSSR count). The van der Waals surface area contributed by atoms with Crippen molar-refractivity contribution in [2.45, 2.75) is 13.8 Å². The zero-order valence-corrected chi connectivity index (χ0v) is 10.3. The van der Waals surface area contributed by atoms with Crippen LogP contribution in [-0.4, -0.2) is 22.5 Å². The molecule has 1 heterocycles. The van der Waals surface area contributed by atoms with Crippen LogP contribution in [0.3, 0.4) is 0 Å². The van der Waals surface area contributed by atoms with Crippen molar-refractivity contribution in [2.75, 3.05) is 6.61 Å². The van der Waals surface area contributed by atoms with E-state index in [0.717, 1.165) is 0 Å². The molecule has 0 fully saturated rings. The summed E-state index contributed by atoms with van der Waals surface area (Å²) in [5, 5.41) is 0.346. The highest BCUT2D eigenvalue weighted by atomic mass is 35.5. The normalized spacial score (nSPS) is 10.5. The number of hydrogen-bond donors (Lipinski definition) is 0. The summed E-state index contributed by atoms with van der Waals surface area (Å²) in [6.07, 6.45) is 0. The molecule has 88 valence electrons. The Labute approximate surface area is 104 Å². The van der Waals surface area contributed by atoms with Crippen LogP contribution in [0.25, 0.3) is 11.0 Å². The number of ether oxygens (including phenoxy) is 1. The fraction of sp³-hybridized carbons (Fsp3) is 0.250. The Morgan fingerprint density at radius 3 is 2.82 bits per heavy atom. The fourth-order valence-electron chi connectivity index (χ4n) is 1.46. The molecule has 5 heteroatoms. The number of esters is 1. The van der Waals surface area contributed by atoms with Crippen LogP contribution in [0.5, 0.6) is 0 Å².